The average Bonchev–Trinajstić information content (AvgIpc) is 3.19. The zero-order valence-electron chi connectivity index (χ0n) is 18.7. The van der Waals surface area contributed by atoms with Crippen LogP contribution in [0.2, 0.25) is 0 Å². The topological polar surface area (TPSA) is 80.1 Å². The van der Waals surface area contributed by atoms with E-state index >= 15 is 0 Å². The van der Waals surface area contributed by atoms with Gasteiger partial charge < -0.3 is 15.0 Å². The Balaban J connectivity index is 1.51. The van der Waals surface area contributed by atoms with Crippen LogP contribution in [0, 0.1) is 18.3 Å². The van der Waals surface area contributed by atoms with Gasteiger partial charge >= 0.3 is 0 Å². The first-order valence-electron chi connectivity index (χ1n) is 10.9. The van der Waals surface area contributed by atoms with E-state index in [2.05, 4.69) is 33.8 Å². The molecule has 4 aromatic rings. The molecule has 1 aliphatic heterocycles. The van der Waals surface area contributed by atoms with Crippen LogP contribution in [0.4, 0.5) is 5.69 Å². The van der Waals surface area contributed by atoms with E-state index in [1.54, 1.807) is 0 Å². The second-order valence-corrected chi connectivity index (χ2v) is 8.40. The molecule has 2 aromatic heterocycles. The van der Waals surface area contributed by atoms with E-state index in [1.165, 1.54) is 0 Å². The number of pyridine rings is 1. The molecule has 0 fully saturated rings. The molecule has 0 spiro atoms. The highest BCUT2D eigenvalue weighted by Crippen LogP contribution is 2.39. The van der Waals surface area contributed by atoms with Crippen LogP contribution < -0.4 is 10.5 Å². The van der Waals surface area contributed by atoms with Gasteiger partial charge in [0.15, 0.2) is 0 Å². The van der Waals surface area contributed by atoms with Gasteiger partial charge in [0, 0.05) is 42.3 Å². The first kappa shape index (κ1) is 20.8. The van der Waals surface area contributed by atoms with Crippen molar-refractivity contribution in [2.75, 3.05) is 19.3 Å². The number of fused-ring (bicyclic) bond motifs is 1. The van der Waals surface area contributed by atoms with Crippen molar-refractivity contribution in [2.24, 2.45) is 0 Å². The fraction of sp³-hybridized carbons (Fsp3) is 0.185. The van der Waals surface area contributed by atoms with Crippen molar-refractivity contribution >= 4 is 5.69 Å². The van der Waals surface area contributed by atoms with E-state index in [1.807, 2.05) is 73.7 Å². The number of anilines is 1. The Hall–Kier alpha value is -4.08. The normalized spacial score (nSPS) is 15.6. The Labute approximate surface area is 193 Å². The summed E-state index contributed by atoms with van der Waals surface area (Å²) in [5, 5.41) is 10.2. The lowest BCUT2D eigenvalue weighted by Crippen LogP contribution is -2.35. The zero-order valence-corrected chi connectivity index (χ0v) is 18.7. The Morgan fingerprint density at radius 3 is 2.48 bits per heavy atom. The second kappa shape index (κ2) is 8.45. The molecule has 0 aliphatic carbocycles. The summed E-state index contributed by atoms with van der Waals surface area (Å²) in [5.74, 6) is 1.27. The van der Waals surface area contributed by atoms with Crippen LogP contribution >= 0.6 is 0 Å². The molecule has 6 nitrogen and oxygen atoms in total. The van der Waals surface area contributed by atoms with Gasteiger partial charge in [0.25, 0.3) is 0 Å². The summed E-state index contributed by atoms with van der Waals surface area (Å²) >= 11 is 0. The fourth-order valence-electron chi connectivity index (χ4n) is 4.48. The molecule has 2 aromatic carbocycles. The van der Waals surface area contributed by atoms with Crippen LogP contribution in [-0.2, 0) is 6.54 Å². The highest BCUT2D eigenvalue weighted by Gasteiger charge is 2.31. The number of aryl methyl sites for hydroxylation is 1. The molecule has 0 saturated heterocycles. The van der Waals surface area contributed by atoms with Gasteiger partial charge in [-0.05, 0) is 55.4 Å². The minimum Gasteiger partial charge on any atom is -0.439 e. The minimum absolute atomic E-state index is 0.00208. The lowest BCUT2D eigenvalue weighted by atomic mass is 9.95. The molecular weight excluding hydrogens is 410 g/mol. The van der Waals surface area contributed by atoms with Crippen LogP contribution in [0.1, 0.15) is 28.6 Å². The number of hydrogen-bond donors (Lipinski definition) is 1. The first-order valence-corrected chi connectivity index (χ1v) is 10.9. The lowest BCUT2D eigenvalue weighted by molar-refractivity contribution is 0.226. The molecule has 0 amide bonds. The van der Waals surface area contributed by atoms with Gasteiger partial charge in [-0.25, -0.2) is 4.98 Å². The summed E-state index contributed by atoms with van der Waals surface area (Å²) in [6, 6.07) is 23.9. The van der Waals surface area contributed by atoms with Crippen LogP contribution in [0.15, 0.2) is 72.9 Å². The predicted molar refractivity (Wildman–Crippen MR) is 129 cm³/mol. The summed E-state index contributed by atoms with van der Waals surface area (Å²) in [6.45, 7) is 3.67. The first-order chi connectivity index (χ1) is 16.0. The molecule has 1 unspecified atom stereocenters. The van der Waals surface area contributed by atoms with E-state index in [-0.39, 0.29) is 6.04 Å². The second-order valence-electron chi connectivity index (χ2n) is 8.40. The monoisotopic (exact) mass is 435 g/mol. The Kier molecular flexibility index (Phi) is 5.33. The molecule has 1 atom stereocenters. The standard InChI is InChI=1S/C27H25N5O/c1-18-4-3-5-25(30-18)33-22-12-8-19(9-13-22)24-17-32-15-14-31(2)26(27(32)23(24)16-28)20-6-10-21(29)11-7-20/h3-13,17,26H,14-15,29H2,1-2H3. The number of benzene rings is 2. The van der Waals surface area contributed by atoms with Crippen LogP contribution in [0.25, 0.3) is 11.1 Å². The van der Waals surface area contributed by atoms with E-state index in [4.69, 9.17) is 10.5 Å². The van der Waals surface area contributed by atoms with Crippen molar-refractivity contribution in [1.29, 1.82) is 5.26 Å². The van der Waals surface area contributed by atoms with E-state index in [0.29, 0.717) is 17.2 Å². The predicted octanol–water partition coefficient (Wildman–Crippen LogP) is 5.14. The van der Waals surface area contributed by atoms with Crippen molar-refractivity contribution in [3.05, 3.63) is 95.4 Å². The SMILES string of the molecule is Cc1cccc(Oc2ccc(-c3cn4c(c3C#N)C(c3ccc(N)cc3)N(C)CC4)cc2)n1. The molecule has 1 aliphatic rings. The maximum atomic E-state index is 10.2. The molecule has 33 heavy (non-hydrogen) atoms. The number of likely N-dealkylation sites (N-methyl/N-ethyl adjacent to an activating group) is 1. The highest BCUT2D eigenvalue weighted by atomic mass is 16.5. The van der Waals surface area contributed by atoms with Gasteiger partial charge in [0.05, 0.1) is 17.3 Å². The maximum absolute atomic E-state index is 10.2. The minimum atomic E-state index is -0.00208. The summed E-state index contributed by atoms with van der Waals surface area (Å²) in [4.78, 5) is 6.68. The Morgan fingerprint density at radius 2 is 1.79 bits per heavy atom. The van der Waals surface area contributed by atoms with Gasteiger partial charge in [-0.1, -0.05) is 30.3 Å². The van der Waals surface area contributed by atoms with Crippen LogP contribution in [-0.4, -0.2) is 28.0 Å². The van der Waals surface area contributed by atoms with Gasteiger partial charge in [-0.2, -0.15) is 5.26 Å². The smallest absolute Gasteiger partial charge is 0.219 e. The number of rotatable bonds is 4. The molecule has 5 rings (SSSR count). The van der Waals surface area contributed by atoms with Crippen molar-refractivity contribution < 1.29 is 4.74 Å². The molecule has 2 N–H and O–H groups in total. The Morgan fingerprint density at radius 1 is 1.03 bits per heavy atom. The zero-order chi connectivity index (χ0) is 22.9. The Bertz CT molecular complexity index is 1330. The summed E-state index contributed by atoms with van der Waals surface area (Å²) in [5.41, 5.74) is 12.3. The van der Waals surface area contributed by atoms with Crippen molar-refractivity contribution in [2.45, 2.75) is 19.5 Å². The third kappa shape index (κ3) is 3.95. The molecule has 0 bridgehead atoms. The lowest BCUT2D eigenvalue weighted by Gasteiger charge is -2.34. The molecule has 164 valence electrons. The van der Waals surface area contributed by atoms with Crippen molar-refractivity contribution in [1.82, 2.24) is 14.5 Å². The number of nitrogen functional groups attached to an aromatic ring is 1. The number of nitrogens with zero attached hydrogens (tertiary/aromatic N) is 4. The largest absolute Gasteiger partial charge is 0.439 e. The molecule has 3 heterocycles. The number of ether oxygens (including phenoxy) is 1. The quantitative estimate of drug-likeness (QED) is 0.449. The average molecular weight is 436 g/mol. The highest BCUT2D eigenvalue weighted by molar-refractivity contribution is 5.73. The number of hydrogen-bond acceptors (Lipinski definition) is 5. The third-order valence-electron chi connectivity index (χ3n) is 6.13. The van der Waals surface area contributed by atoms with Gasteiger partial charge in [0.1, 0.15) is 11.8 Å². The van der Waals surface area contributed by atoms with Gasteiger partial charge in [-0.3, -0.25) is 4.90 Å². The number of aromatic nitrogens is 2. The fourth-order valence-corrected chi connectivity index (χ4v) is 4.48. The summed E-state index contributed by atoms with van der Waals surface area (Å²) in [6.07, 6.45) is 2.10. The summed E-state index contributed by atoms with van der Waals surface area (Å²) < 4.78 is 8.11. The molecule has 0 saturated carbocycles. The van der Waals surface area contributed by atoms with E-state index in [0.717, 1.165) is 46.9 Å². The van der Waals surface area contributed by atoms with Crippen molar-refractivity contribution in [3.63, 3.8) is 0 Å². The maximum Gasteiger partial charge on any atom is 0.219 e. The van der Waals surface area contributed by atoms with Gasteiger partial charge in [-0.15, -0.1) is 0 Å². The third-order valence-corrected chi connectivity index (χ3v) is 6.13. The van der Waals surface area contributed by atoms with Crippen molar-refractivity contribution in [3.8, 4) is 28.8 Å². The molecule has 0 radical (unpaired) electrons. The number of nitrogens with two attached hydrogens (primary N) is 1. The van der Waals surface area contributed by atoms with Gasteiger partial charge in [0.2, 0.25) is 5.88 Å². The van der Waals surface area contributed by atoms with Crippen LogP contribution in [0.5, 0.6) is 11.6 Å². The van der Waals surface area contributed by atoms with E-state index < -0.39 is 0 Å². The molecule has 6 heteroatoms. The molecular formula is C27H25N5O. The summed E-state index contributed by atoms with van der Waals surface area (Å²) in [7, 11) is 2.10. The number of nitriles is 1. The van der Waals surface area contributed by atoms with E-state index in [9.17, 15) is 5.26 Å². The van der Waals surface area contributed by atoms with Crippen LogP contribution in [0.3, 0.4) is 0 Å².